The first kappa shape index (κ1) is 16.5. The minimum Gasteiger partial charge on any atom is -0.322 e. The third kappa shape index (κ3) is 3.74. The van der Waals surface area contributed by atoms with Crippen LogP contribution >= 0.6 is 11.3 Å². The number of hydrogen-bond acceptors (Lipinski definition) is 5. The quantitative estimate of drug-likeness (QED) is 0.681. The number of rotatable bonds is 4. The zero-order valence-electron chi connectivity index (χ0n) is 13.5. The van der Waals surface area contributed by atoms with Crippen molar-refractivity contribution in [1.82, 2.24) is 20.4 Å². The second-order valence-corrected chi connectivity index (χ2v) is 6.57. The van der Waals surface area contributed by atoms with Gasteiger partial charge in [-0.2, -0.15) is 5.10 Å². The van der Waals surface area contributed by atoms with E-state index in [1.165, 1.54) is 11.3 Å². The van der Waals surface area contributed by atoms with Crippen molar-refractivity contribution in [2.75, 3.05) is 10.6 Å². The van der Waals surface area contributed by atoms with Crippen LogP contribution in [-0.4, -0.2) is 27.8 Å². The molecule has 2 aromatic heterocycles. The van der Waals surface area contributed by atoms with Gasteiger partial charge in [0.2, 0.25) is 5.91 Å². The summed E-state index contributed by atoms with van der Waals surface area (Å²) < 4.78 is 1.59. The number of amides is 3. The van der Waals surface area contributed by atoms with Crippen molar-refractivity contribution >= 4 is 34.1 Å². The molecule has 0 saturated carbocycles. The Morgan fingerprint density at radius 1 is 1.50 bits per heavy atom. The Kier molecular flexibility index (Phi) is 4.81. The summed E-state index contributed by atoms with van der Waals surface area (Å²) in [7, 11) is 0. The lowest BCUT2D eigenvalue weighted by atomic mass is 10.1. The Hall–Kier alpha value is -2.39. The molecule has 0 aliphatic carbocycles. The third-order valence-corrected chi connectivity index (χ3v) is 4.50. The van der Waals surface area contributed by atoms with Gasteiger partial charge < -0.3 is 5.32 Å². The summed E-state index contributed by atoms with van der Waals surface area (Å²) >= 11 is 1.44. The zero-order valence-corrected chi connectivity index (χ0v) is 14.3. The first-order valence-corrected chi connectivity index (χ1v) is 8.66. The van der Waals surface area contributed by atoms with E-state index >= 15 is 0 Å². The Bertz CT molecular complexity index is 726. The summed E-state index contributed by atoms with van der Waals surface area (Å²) in [4.78, 5) is 24.0. The monoisotopic (exact) mass is 348 g/mol. The van der Waals surface area contributed by atoms with Gasteiger partial charge in [-0.25, -0.2) is 9.48 Å². The van der Waals surface area contributed by atoms with E-state index in [0.717, 1.165) is 17.1 Å². The van der Waals surface area contributed by atoms with E-state index in [-0.39, 0.29) is 18.0 Å². The maximum Gasteiger partial charge on any atom is 0.325 e. The molecular weight excluding hydrogens is 328 g/mol. The fourth-order valence-electron chi connectivity index (χ4n) is 2.57. The lowest BCUT2D eigenvalue weighted by Gasteiger charge is -2.31. The van der Waals surface area contributed by atoms with Crippen molar-refractivity contribution in [2.24, 2.45) is 0 Å². The second kappa shape index (κ2) is 7.02. The van der Waals surface area contributed by atoms with Gasteiger partial charge in [0.1, 0.15) is 5.82 Å². The first-order chi connectivity index (χ1) is 11.5. The molecule has 3 heterocycles. The first-order valence-electron chi connectivity index (χ1n) is 7.78. The summed E-state index contributed by atoms with van der Waals surface area (Å²) in [6.45, 7) is 3.86. The summed E-state index contributed by atoms with van der Waals surface area (Å²) in [5.74, 6) is 0.476. The molecule has 9 heteroatoms. The standard InChI is InChI=1S/C15H20N6O2S/c1-3-10-8-12(22)18-14(16-10)21-11(7-9(2)20-21)17-15(23)19-13-5-4-6-24-13/h4-7,10,14,16H,3,8H2,1-2H3,(H,18,22)(H2,17,19,23). The number of carbonyl (C=O) groups is 2. The average Bonchev–Trinajstić information content (AvgIpc) is 3.16. The number of anilines is 2. The van der Waals surface area contributed by atoms with Gasteiger partial charge in [-0.05, 0) is 30.9 Å². The number of carbonyl (C=O) groups excluding carboxylic acids is 2. The smallest absolute Gasteiger partial charge is 0.322 e. The number of aryl methyl sites for hydroxylation is 1. The summed E-state index contributed by atoms with van der Waals surface area (Å²) in [5, 5.41) is 18.7. The van der Waals surface area contributed by atoms with E-state index in [1.54, 1.807) is 10.7 Å². The topological polar surface area (TPSA) is 100 Å². The SMILES string of the molecule is CCC1CC(=O)NC(n2nc(C)cc2NC(=O)Nc2cccs2)N1. The van der Waals surface area contributed by atoms with E-state index in [1.807, 2.05) is 31.4 Å². The van der Waals surface area contributed by atoms with Gasteiger partial charge in [0, 0.05) is 18.5 Å². The van der Waals surface area contributed by atoms with E-state index in [9.17, 15) is 9.59 Å². The fourth-order valence-corrected chi connectivity index (χ4v) is 3.18. The van der Waals surface area contributed by atoms with Crippen LogP contribution in [0.5, 0.6) is 0 Å². The largest absolute Gasteiger partial charge is 0.325 e. The molecule has 8 nitrogen and oxygen atoms in total. The minimum atomic E-state index is -0.484. The van der Waals surface area contributed by atoms with Gasteiger partial charge in [-0.15, -0.1) is 11.3 Å². The number of nitrogens with one attached hydrogen (secondary N) is 4. The van der Waals surface area contributed by atoms with Crippen molar-refractivity contribution in [2.45, 2.75) is 39.0 Å². The lowest BCUT2D eigenvalue weighted by molar-refractivity contribution is -0.125. The third-order valence-electron chi connectivity index (χ3n) is 3.72. The maximum atomic E-state index is 12.1. The van der Waals surface area contributed by atoms with E-state index in [2.05, 4.69) is 26.4 Å². The fraction of sp³-hybridized carbons (Fsp3) is 0.400. The molecule has 0 aromatic carbocycles. The van der Waals surface area contributed by atoms with Crippen LogP contribution in [0.4, 0.5) is 15.6 Å². The summed E-state index contributed by atoms with van der Waals surface area (Å²) in [6, 6.07) is 5.17. The lowest BCUT2D eigenvalue weighted by Crippen LogP contribution is -2.53. The van der Waals surface area contributed by atoms with Gasteiger partial charge in [0.05, 0.1) is 10.7 Å². The van der Waals surface area contributed by atoms with Crippen LogP contribution in [0, 0.1) is 6.92 Å². The maximum absolute atomic E-state index is 12.1. The van der Waals surface area contributed by atoms with E-state index in [4.69, 9.17) is 0 Å². The highest BCUT2D eigenvalue weighted by Gasteiger charge is 2.28. The molecule has 2 aromatic rings. The molecule has 3 amide bonds. The predicted molar refractivity (Wildman–Crippen MR) is 92.9 cm³/mol. The summed E-state index contributed by atoms with van der Waals surface area (Å²) in [6.07, 6.45) is 0.794. The molecule has 0 spiro atoms. The zero-order chi connectivity index (χ0) is 17.1. The van der Waals surface area contributed by atoms with Crippen LogP contribution in [0.1, 0.15) is 31.7 Å². The molecule has 3 rings (SSSR count). The summed E-state index contributed by atoms with van der Waals surface area (Å²) in [5.41, 5.74) is 0.746. The molecule has 1 aliphatic rings. The van der Waals surface area contributed by atoms with Crippen LogP contribution in [-0.2, 0) is 4.79 Å². The number of aromatic nitrogens is 2. The van der Waals surface area contributed by atoms with Crippen LogP contribution in [0.3, 0.4) is 0 Å². The molecule has 1 fully saturated rings. The Balaban J connectivity index is 1.75. The number of thiophene rings is 1. The van der Waals surface area contributed by atoms with Gasteiger partial charge in [-0.3, -0.25) is 20.7 Å². The highest BCUT2D eigenvalue weighted by Crippen LogP contribution is 2.19. The van der Waals surface area contributed by atoms with Crippen molar-refractivity contribution in [3.05, 3.63) is 29.3 Å². The van der Waals surface area contributed by atoms with E-state index in [0.29, 0.717) is 12.2 Å². The van der Waals surface area contributed by atoms with Crippen LogP contribution in [0.25, 0.3) is 0 Å². The van der Waals surface area contributed by atoms with E-state index < -0.39 is 6.29 Å². The Morgan fingerprint density at radius 3 is 3.04 bits per heavy atom. The van der Waals surface area contributed by atoms with Crippen molar-refractivity contribution in [3.63, 3.8) is 0 Å². The Labute approximate surface area is 143 Å². The molecule has 4 N–H and O–H groups in total. The number of nitrogens with zero attached hydrogens (tertiary/aromatic N) is 2. The van der Waals surface area contributed by atoms with Gasteiger partial charge in [-0.1, -0.05) is 6.92 Å². The minimum absolute atomic E-state index is 0.0345. The molecule has 0 radical (unpaired) electrons. The Morgan fingerprint density at radius 2 is 2.33 bits per heavy atom. The van der Waals surface area contributed by atoms with Crippen LogP contribution < -0.4 is 21.3 Å². The number of urea groups is 1. The molecule has 128 valence electrons. The van der Waals surface area contributed by atoms with Crippen molar-refractivity contribution in [1.29, 1.82) is 0 Å². The number of hydrogen-bond donors (Lipinski definition) is 4. The van der Waals surface area contributed by atoms with Gasteiger partial charge >= 0.3 is 6.03 Å². The van der Waals surface area contributed by atoms with Crippen molar-refractivity contribution in [3.8, 4) is 0 Å². The highest BCUT2D eigenvalue weighted by atomic mass is 32.1. The molecule has 0 bridgehead atoms. The second-order valence-electron chi connectivity index (χ2n) is 5.62. The van der Waals surface area contributed by atoms with Crippen LogP contribution in [0.2, 0.25) is 0 Å². The van der Waals surface area contributed by atoms with Gasteiger partial charge in [0.25, 0.3) is 0 Å². The van der Waals surface area contributed by atoms with Crippen LogP contribution in [0.15, 0.2) is 23.6 Å². The molecule has 24 heavy (non-hydrogen) atoms. The van der Waals surface area contributed by atoms with Gasteiger partial charge in [0.15, 0.2) is 6.29 Å². The molecule has 1 aliphatic heterocycles. The molecular formula is C15H20N6O2S. The molecule has 1 saturated heterocycles. The van der Waals surface area contributed by atoms with Crippen molar-refractivity contribution < 1.29 is 9.59 Å². The molecule has 2 atom stereocenters. The average molecular weight is 348 g/mol. The molecule has 2 unspecified atom stereocenters. The highest BCUT2D eigenvalue weighted by molar-refractivity contribution is 7.14. The predicted octanol–water partition coefficient (Wildman–Crippen LogP) is 2.24. The normalized spacial score (nSPS) is 20.5.